The Morgan fingerprint density at radius 1 is 0.730 bits per heavy atom. The van der Waals surface area contributed by atoms with Crippen molar-refractivity contribution in [3.63, 3.8) is 0 Å². The van der Waals surface area contributed by atoms with E-state index in [4.69, 9.17) is 24.4 Å². The fourth-order valence-corrected chi connectivity index (χ4v) is 11.9. The molecule has 404 valence electrons. The third-order valence-corrected chi connectivity index (χ3v) is 16.5. The first-order valence-electron chi connectivity index (χ1n) is 26.6. The molecule has 5 heterocycles. The summed E-state index contributed by atoms with van der Waals surface area (Å²) in [5, 5.41) is 13.3. The SMILES string of the molecule is C[C@@H](C(=O)N(C)c1ccc2c(c1)CC(c1n[nH]c3c1CCC(C)(C)C3)=C2)N1CCOCC1.C[C@@H](C(=O)N(C)c1ccc2c(c1)CC(c1nn(C3CCCCO3)c3c1CCC(C)(C)C3)=C2)N1CCOCC1.I.I[I-]I. The number of morpholine rings is 2. The Morgan fingerprint density at radius 3 is 1.74 bits per heavy atom. The van der Waals surface area contributed by atoms with Crippen LogP contribution in [0.25, 0.3) is 23.3 Å². The molecule has 4 aromatic rings. The van der Waals surface area contributed by atoms with Gasteiger partial charge in [-0.25, -0.2) is 4.68 Å². The molecule has 2 amide bonds. The maximum absolute atomic E-state index is 13.3. The number of likely N-dealkylation sites (N-methyl/N-ethyl adjacent to an activating group) is 2. The average molecular weight is 1460 g/mol. The summed E-state index contributed by atoms with van der Waals surface area (Å²) in [6, 6.07) is 12.5. The number of ether oxygens (including phenoxy) is 3. The molecule has 1 N–H and O–H groups in total. The molecule has 3 fully saturated rings. The number of aromatic amines is 1. The van der Waals surface area contributed by atoms with Gasteiger partial charge in [0.05, 0.1) is 49.9 Å². The van der Waals surface area contributed by atoms with Gasteiger partial charge in [-0.05, 0) is 152 Å². The number of carbonyl (C=O) groups excluding carboxylic acids is 2. The first-order chi connectivity index (χ1) is 35.0. The van der Waals surface area contributed by atoms with Crippen LogP contribution in [0, 0.1) is 10.8 Å². The van der Waals surface area contributed by atoms with E-state index in [1.54, 1.807) is 4.90 Å². The van der Waals surface area contributed by atoms with Gasteiger partial charge in [0.2, 0.25) is 11.8 Å². The second-order valence-corrected chi connectivity index (χ2v) is 39.0. The number of H-pyrrole nitrogens is 1. The Bertz CT molecular complexity index is 2700. The van der Waals surface area contributed by atoms with Crippen LogP contribution in [0.4, 0.5) is 11.4 Å². The fraction of sp³-hybridized carbons (Fsp3) is 0.579. The van der Waals surface area contributed by atoms with E-state index < -0.39 is 0 Å². The normalized spacial score (nSPS) is 21.6. The van der Waals surface area contributed by atoms with Crippen LogP contribution in [0.1, 0.15) is 136 Å². The second-order valence-electron chi connectivity index (χ2n) is 22.7. The van der Waals surface area contributed by atoms with Crippen molar-refractivity contribution in [2.75, 3.05) is 83.1 Å². The van der Waals surface area contributed by atoms with Crippen LogP contribution in [0.5, 0.6) is 0 Å². The van der Waals surface area contributed by atoms with Crippen LogP contribution in [0.3, 0.4) is 0 Å². The van der Waals surface area contributed by atoms with E-state index in [9.17, 15) is 9.59 Å². The van der Waals surface area contributed by atoms with Crippen molar-refractivity contribution in [3.05, 3.63) is 92.6 Å². The summed E-state index contributed by atoms with van der Waals surface area (Å²) in [6.07, 6.45) is 16.4. The van der Waals surface area contributed by atoms with Gasteiger partial charge >= 0.3 is 50.5 Å². The number of nitrogens with zero attached hydrogens (tertiary/aromatic N) is 7. The van der Waals surface area contributed by atoms with E-state index >= 15 is 0 Å². The molecular weight excluding hydrogens is 1380 g/mol. The van der Waals surface area contributed by atoms with E-state index in [1.807, 2.05) is 32.8 Å². The van der Waals surface area contributed by atoms with Crippen LogP contribution in [0.2, 0.25) is 0 Å². The van der Waals surface area contributed by atoms with E-state index in [1.165, 1.54) is 75.2 Å². The minimum absolute atomic E-state index is 0. The van der Waals surface area contributed by atoms with Gasteiger partial charge in [0.25, 0.3) is 0 Å². The molecule has 3 saturated heterocycles. The summed E-state index contributed by atoms with van der Waals surface area (Å²) in [5.74, 6) is 0.253. The van der Waals surface area contributed by atoms with E-state index in [-0.39, 0.29) is 59.5 Å². The Kier molecular flexibility index (Phi) is 20.0. The first-order valence-corrected chi connectivity index (χ1v) is 39.1. The maximum atomic E-state index is 13.3. The number of hydrogen-bond donors (Lipinski definition) is 1. The molecule has 0 radical (unpaired) electrons. The van der Waals surface area contributed by atoms with Crippen molar-refractivity contribution in [3.8, 4) is 0 Å². The molecular formula is C57H77I4N8O5-. The number of rotatable bonds is 9. The van der Waals surface area contributed by atoms with Crippen LogP contribution < -0.4 is 23.1 Å². The summed E-state index contributed by atoms with van der Waals surface area (Å²) >= 11 is 5.30. The van der Waals surface area contributed by atoms with Gasteiger partial charge in [-0.1, -0.05) is 39.8 Å². The third-order valence-electron chi connectivity index (χ3n) is 16.5. The topological polar surface area (TPSA) is 121 Å². The summed E-state index contributed by atoms with van der Waals surface area (Å²) in [4.78, 5) is 34.5. The molecule has 13 nitrogen and oxygen atoms in total. The van der Waals surface area contributed by atoms with Crippen molar-refractivity contribution in [1.82, 2.24) is 29.8 Å². The van der Waals surface area contributed by atoms with E-state index in [0.717, 1.165) is 107 Å². The number of halogens is 4. The zero-order valence-electron chi connectivity index (χ0n) is 44.7. The van der Waals surface area contributed by atoms with Crippen LogP contribution in [-0.2, 0) is 62.3 Å². The van der Waals surface area contributed by atoms with Crippen LogP contribution in [0.15, 0.2) is 36.4 Å². The van der Waals surface area contributed by atoms with Crippen molar-refractivity contribution in [1.29, 1.82) is 0 Å². The molecule has 3 atom stereocenters. The monoisotopic (exact) mass is 1460 g/mol. The molecule has 0 spiro atoms. The predicted octanol–water partition coefficient (Wildman–Crippen LogP) is 7.98. The van der Waals surface area contributed by atoms with Gasteiger partial charge < -0.3 is 24.0 Å². The molecule has 2 aromatic carbocycles. The summed E-state index contributed by atoms with van der Waals surface area (Å²) in [5.41, 5.74) is 17.9. The number of anilines is 2. The number of hydrogen-bond acceptors (Lipinski definition) is 9. The summed E-state index contributed by atoms with van der Waals surface area (Å²) < 4.78 is 19.3. The van der Waals surface area contributed by atoms with E-state index in [0.29, 0.717) is 45.1 Å². The molecule has 74 heavy (non-hydrogen) atoms. The number of fused-ring (bicyclic) bond motifs is 4. The van der Waals surface area contributed by atoms with Crippen LogP contribution in [-0.4, -0.2) is 127 Å². The van der Waals surface area contributed by atoms with Crippen molar-refractivity contribution in [2.24, 2.45) is 10.8 Å². The molecule has 17 heteroatoms. The van der Waals surface area contributed by atoms with Crippen molar-refractivity contribution < 1.29 is 37.1 Å². The number of carbonyl (C=O) groups is 2. The van der Waals surface area contributed by atoms with Gasteiger partial charge in [-0.3, -0.25) is 24.5 Å². The number of aromatic nitrogens is 4. The van der Waals surface area contributed by atoms with Gasteiger partial charge in [-0.15, -0.1) is 24.0 Å². The number of amides is 2. The number of allylic oxidation sites excluding steroid dienone is 2. The summed E-state index contributed by atoms with van der Waals surface area (Å²) in [6.45, 7) is 20.3. The van der Waals surface area contributed by atoms with Crippen molar-refractivity contribution >= 4 is 108 Å². The van der Waals surface area contributed by atoms with Gasteiger partial charge in [0, 0.05) is 93.6 Å². The van der Waals surface area contributed by atoms with Crippen molar-refractivity contribution in [2.45, 2.75) is 130 Å². The fourth-order valence-electron chi connectivity index (χ4n) is 11.9. The average Bonchev–Trinajstić information content (AvgIpc) is 4.21. The number of benzene rings is 2. The molecule has 4 aliphatic carbocycles. The first kappa shape index (κ1) is 58.2. The predicted molar refractivity (Wildman–Crippen MR) is 321 cm³/mol. The molecule has 2 aromatic heterocycles. The third kappa shape index (κ3) is 13.2. The molecule has 0 bridgehead atoms. The summed E-state index contributed by atoms with van der Waals surface area (Å²) in [7, 11) is 3.78. The van der Waals surface area contributed by atoms with Gasteiger partial charge in [-0.2, -0.15) is 10.2 Å². The van der Waals surface area contributed by atoms with Crippen LogP contribution >= 0.6 is 61.2 Å². The minimum atomic E-state index is -0.160. The quantitative estimate of drug-likeness (QED) is 0.167. The van der Waals surface area contributed by atoms with E-state index in [2.05, 4.69) is 133 Å². The molecule has 11 rings (SSSR count). The zero-order chi connectivity index (χ0) is 51.6. The standard InChI is InChI=1S/C31H42N4O3.C26H34N4O2.I3.HI/c1-21(34-12-15-37-16-13-34)30(36)33(4)25-9-8-22-17-24(18-23(22)19-25)29-26-10-11-31(2,3)20-27(26)35(32-29)28-7-5-6-14-38-28;1-17(30-9-11-32-12-10-30)25(31)29(4)21-6-5-18-13-20(14-19(18)15-21)24-22-7-8-26(2,3)16-23(22)27-28-24;1-3-2;/h8-9,17,19,21,28H,5-7,10-16,18,20H2,1-4H3;5-6,13,15,17H,7-12,14,16H2,1-4H3,(H,27,28);;1H/q;;-1;/t21-,28?;17-;;/m00../s1. The molecule has 7 aliphatic rings. The molecule has 0 saturated carbocycles. The molecule has 1 unspecified atom stereocenters. The Labute approximate surface area is 486 Å². The zero-order valence-corrected chi connectivity index (χ0v) is 53.5. The van der Waals surface area contributed by atoms with Gasteiger partial charge in [0.1, 0.15) is 6.23 Å². The Hall–Kier alpha value is -2.00. The Morgan fingerprint density at radius 2 is 1.23 bits per heavy atom. The second kappa shape index (κ2) is 25.4. The number of nitrogens with one attached hydrogen (secondary N) is 1. The van der Waals surface area contributed by atoms with Gasteiger partial charge in [0.15, 0.2) is 0 Å². The Balaban J connectivity index is 0.000000187. The molecule has 3 aliphatic heterocycles.